The van der Waals surface area contributed by atoms with Crippen LogP contribution in [0.25, 0.3) is 0 Å². The molecule has 98 valence electrons. The molecule has 0 saturated carbocycles. The van der Waals surface area contributed by atoms with Crippen molar-refractivity contribution in [2.75, 3.05) is 0 Å². The fraction of sp³-hybridized carbons (Fsp3) is 0.500. The molecule has 6 nitrogen and oxygen atoms in total. The summed E-state index contributed by atoms with van der Waals surface area (Å²) in [5.41, 5.74) is -0.421. The van der Waals surface area contributed by atoms with E-state index in [1.165, 1.54) is 18.6 Å². The Morgan fingerprint density at radius 1 is 1.33 bits per heavy atom. The zero-order chi connectivity index (χ0) is 13.8. The summed E-state index contributed by atoms with van der Waals surface area (Å²) in [7, 11) is 0. The third-order valence-electron chi connectivity index (χ3n) is 1.90. The van der Waals surface area contributed by atoms with Gasteiger partial charge in [-0.15, -0.1) is 0 Å². The zero-order valence-corrected chi connectivity index (χ0v) is 10.9. The van der Waals surface area contributed by atoms with Gasteiger partial charge in [-0.1, -0.05) is 0 Å². The summed E-state index contributed by atoms with van der Waals surface area (Å²) >= 11 is 0. The molecule has 0 spiro atoms. The van der Waals surface area contributed by atoms with E-state index >= 15 is 0 Å². The Morgan fingerprint density at radius 3 is 2.50 bits per heavy atom. The number of hydrogen-bond donors (Lipinski definition) is 1. The Bertz CT molecular complexity index is 426. The first-order valence-electron chi connectivity index (χ1n) is 5.59. The SMILES string of the molecule is C[C@@H](NC(=O)c1cnccn1)C(=O)OC(C)(C)C. The maximum atomic E-state index is 11.7. The van der Waals surface area contributed by atoms with E-state index in [1.807, 2.05) is 0 Å². The number of esters is 1. The summed E-state index contributed by atoms with van der Waals surface area (Å²) in [6.45, 7) is 6.86. The molecule has 1 heterocycles. The summed E-state index contributed by atoms with van der Waals surface area (Å²) in [6, 6.07) is -0.737. The van der Waals surface area contributed by atoms with E-state index < -0.39 is 23.5 Å². The smallest absolute Gasteiger partial charge is 0.328 e. The van der Waals surface area contributed by atoms with E-state index in [9.17, 15) is 9.59 Å². The van der Waals surface area contributed by atoms with Crippen molar-refractivity contribution in [1.29, 1.82) is 0 Å². The Labute approximate surface area is 106 Å². The van der Waals surface area contributed by atoms with Gasteiger partial charge in [0.1, 0.15) is 17.3 Å². The van der Waals surface area contributed by atoms with Crippen molar-refractivity contribution in [2.45, 2.75) is 39.3 Å². The normalized spacial score (nSPS) is 12.7. The number of hydrogen-bond acceptors (Lipinski definition) is 5. The van der Waals surface area contributed by atoms with E-state index in [4.69, 9.17) is 4.74 Å². The van der Waals surface area contributed by atoms with Gasteiger partial charge < -0.3 is 10.1 Å². The largest absolute Gasteiger partial charge is 0.458 e. The first-order valence-corrected chi connectivity index (χ1v) is 5.59. The molecule has 18 heavy (non-hydrogen) atoms. The van der Waals surface area contributed by atoms with Gasteiger partial charge in [0.15, 0.2) is 0 Å². The minimum atomic E-state index is -0.737. The molecule has 0 fully saturated rings. The molecule has 0 unspecified atom stereocenters. The van der Waals surface area contributed by atoms with Gasteiger partial charge in [-0.05, 0) is 27.7 Å². The van der Waals surface area contributed by atoms with Crippen LogP contribution in [0.2, 0.25) is 0 Å². The maximum Gasteiger partial charge on any atom is 0.328 e. The second-order valence-electron chi connectivity index (χ2n) is 4.82. The number of carbonyl (C=O) groups is 2. The summed E-state index contributed by atoms with van der Waals surface area (Å²) in [5.74, 6) is -0.943. The van der Waals surface area contributed by atoms with Crippen LogP contribution in [-0.2, 0) is 9.53 Å². The number of nitrogens with zero attached hydrogens (tertiary/aromatic N) is 2. The topological polar surface area (TPSA) is 81.2 Å². The number of nitrogens with one attached hydrogen (secondary N) is 1. The van der Waals surface area contributed by atoms with Crippen molar-refractivity contribution in [3.05, 3.63) is 24.3 Å². The van der Waals surface area contributed by atoms with Crippen LogP contribution in [0.4, 0.5) is 0 Å². The molecule has 1 amide bonds. The molecular formula is C12H17N3O3. The standard InChI is InChI=1S/C12H17N3O3/c1-8(11(17)18-12(2,3)4)15-10(16)9-7-13-5-6-14-9/h5-8H,1-4H3,(H,15,16)/t8-/m1/s1. The van der Waals surface area contributed by atoms with Gasteiger partial charge in [0, 0.05) is 12.4 Å². The highest BCUT2D eigenvalue weighted by atomic mass is 16.6. The van der Waals surface area contributed by atoms with E-state index in [0.29, 0.717) is 0 Å². The molecule has 1 aromatic rings. The molecule has 0 aliphatic carbocycles. The average Bonchev–Trinajstić information content (AvgIpc) is 2.27. The first-order chi connectivity index (χ1) is 8.29. The van der Waals surface area contributed by atoms with Crippen LogP contribution < -0.4 is 5.32 Å². The van der Waals surface area contributed by atoms with Crippen LogP contribution in [0.3, 0.4) is 0 Å². The molecule has 0 aliphatic heterocycles. The van der Waals surface area contributed by atoms with E-state index in [1.54, 1.807) is 27.7 Å². The predicted molar refractivity (Wildman–Crippen MR) is 64.8 cm³/mol. The van der Waals surface area contributed by atoms with Crippen molar-refractivity contribution in [3.63, 3.8) is 0 Å². The van der Waals surface area contributed by atoms with Gasteiger partial charge >= 0.3 is 5.97 Å². The summed E-state index contributed by atoms with van der Waals surface area (Å²) in [5, 5.41) is 2.50. The number of rotatable bonds is 3. The van der Waals surface area contributed by atoms with E-state index in [0.717, 1.165) is 0 Å². The number of ether oxygens (including phenoxy) is 1. The quantitative estimate of drug-likeness (QED) is 0.808. The molecule has 1 N–H and O–H groups in total. The third kappa shape index (κ3) is 4.48. The highest BCUT2D eigenvalue weighted by Gasteiger charge is 2.23. The minimum Gasteiger partial charge on any atom is -0.458 e. The average molecular weight is 251 g/mol. The van der Waals surface area contributed by atoms with Gasteiger partial charge in [0.25, 0.3) is 5.91 Å². The second kappa shape index (κ2) is 5.57. The van der Waals surface area contributed by atoms with Crippen molar-refractivity contribution in [1.82, 2.24) is 15.3 Å². The Hall–Kier alpha value is -1.98. The molecular weight excluding hydrogens is 234 g/mol. The molecule has 1 aromatic heterocycles. The van der Waals surface area contributed by atoms with Gasteiger partial charge in [0.2, 0.25) is 0 Å². The zero-order valence-electron chi connectivity index (χ0n) is 10.9. The summed E-state index contributed by atoms with van der Waals surface area (Å²) in [4.78, 5) is 31.0. The number of carbonyl (C=O) groups excluding carboxylic acids is 2. The lowest BCUT2D eigenvalue weighted by Crippen LogP contribution is -2.42. The van der Waals surface area contributed by atoms with E-state index in [2.05, 4.69) is 15.3 Å². The number of amides is 1. The van der Waals surface area contributed by atoms with Crippen LogP contribution in [0.5, 0.6) is 0 Å². The molecule has 0 radical (unpaired) electrons. The van der Waals surface area contributed by atoms with Crippen LogP contribution >= 0.6 is 0 Å². The molecule has 6 heteroatoms. The molecule has 1 atom stereocenters. The summed E-state index contributed by atoms with van der Waals surface area (Å²) < 4.78 is 5.15. The fourth-order valence-corrected chi connectivity index (χ4v) is 1.14. The third-order valence-corrected chi connectivity index (χ3v) is 1.90. The van der Waals surface area contributed by atoms with Crippen molar-refractivity contribution in [3.8, 4) is 0 Å². The molecule has 0 aliphatic rings. The Balaban J connectivity index is 2.58. The molecule has 0 aromatic carbocycles. The fourth-order valence-electron chi connectivity index (χ4n) is 1.14. The van der Waals surface area contributed by atoms with Crippen LogP contribution in [-0.4, -0.2) is 33.5 Å². The van der Waals surface area contributed by atoms with Crippen molar-refractivity contribution in [2.24, 2.45) is 0 Å². The van der Waals surface area contributed by atoms with Crippen LogP contribution in [0, 0.1) is 0 Å². The van der Waals surface area contributed by atoms with E-state index in [-0.39, 0.29) is 5.69 Å². The minimum absolute atomic E-state index is 0.160. The van der Waals surface area contributed by atoms with Crippen molar-refractivity contribution < 1.29 is 14.3 Å². The monoisotopic (exact) mass is 251 g/mol. The highest BCUT2D eigenvalue weighted by molar-refractivity contribution is 5.94. The second-order valence-corrected chi connectivity index (χ2v) is 4.82. The predicted octanol–water partition coefficient (Wildman–Crippen LogP) is 0.937. The van der Waals surface area contributed by atoms with Gasteiger partial charge in [-0.3, -0.25) is 9.78 Å². The Morgan fingerprint density at radius 2 is 2.00 bits per heavy atom. The first kappa shape index (κ1) is 14.1. The van der Waals surface area contributed by atoms with Gasteiger partial charge in [0.05, 0.1) is 6.20 Å². The maximum absolute atomic E-state index is 11.7. The molecule has 1 rings (SSSR count). The lowest BCUT2D eigenvalue weighted by atomic mass is 10.2. The van der Waals surface area contributed by atoms with Crippen molar-refractivity contribution >= 4 is 11.9 Å². The van der Waals surface area contributed by atoms with Crippen LogP contribution in [0.15, 0.2) is 18.6 Å². The lowest BCUT2D eigenvalue weighted by Gasteiger charge is -2.22. The highest BCUT2D eigenvalue weighted by Crippen LogP contribution is 2.08. The Kier molecular flexibility index (Phi) is 4.36. The molecule has 0 bridgehead atoms. The molecule has 0 saturated heterocycles. The van der Waals surface area contributed by atoms with Gasteiger partial charge in [-0.25, -0.2) is 9.78 Å². The number of aromatic nitrogens is 2. The van der Waals surface area contributed by atoms with Crippen LogP contribution in [0.1, 0.15) is 38.2 Å². The lowest BCUT2D eigenvalue weighted by molar-refractivity contribution is -0.156. The van der Waals surface area contributed by atoms with Gasteiger partial charge in [-0.2, -0.15) is 0 Å². The summed E-state index contributed by atoms with van der Waals surface area (Å²) in [6.07, 6.45) is 4.21.